The van der Waals surface area contributed by atoms with Gasteiger partial charge in [-0.15, -0.1) is 24.0 Å². The van der Waals surface area contributed by atoms with Crippen molar-refractivity contribution in [1.29, 1.82) is 0 Å². The van der Waals surface area contributed by atoms with Crippen LogP contribution in [-0.2, 0) is 0 Å². The Morgan fingerprint density at radius 1 is 1.17 bits per heavy atom. The molecule has 1 aromatic carbocycles. The van der Waals surface area contributed by atoms with Gasteiger partial charge in [0.2, 0.25) is 0 Å². The number of carbonyl (C=O) groups is 1. The summed E-state index contributed by atoms with van der Waals surface area (Å²) >= 11 is 1.77. The molecule has 0 fully saturated rings. The molecule has 6 nitrogen and oxygen atoms in total. The van der Waals surface area contributed by atoms with Gasteiger partial charge in [-0.25, -0.2) is 0 Å². The number of guanidine groups is 1. The van der Waals surface area contributed by atoms with Crippen LogP contribution in [0.15, 0.2) is 29.3 Å². The summed E-state index contributed by atoms with van der Waals surface area (Å²) in [6.07, 6.45) is 2.06. The van der Waals surface area contributed by atoms with Gasteiger partial charge in [-0.3, -0.25) is 9.79 Å². The fourth-order valence-electron chi connectivity index (χ4n) is 1.79. The Morgan fingerprint density at radius 3 is 2.42 bits per heavy atom. The van der Waals surface area contributed by atoms with Crippen LogP contribution in [0.25, 0.3) is 0 Å². The predicted molar refractivity (Wildman–Crippen MR) is 113 cm³/mol. The lowest BCUT2D eigenvalue weighted by molar-refractivity contribution is 0.0954. The number of hydrogen-bond acceptors (Lipinski definition) is 4. The molecule has 0 aromatic heterocycles. The molecule has 3 N–H and O–H groups in total. The molecular formula is C16H27IN4O2S. The highest BCUT2D eigenvalue weighted by Gasteiger charge is 2.04. The Kier molecular flexibility index (Phi) is 13.5. The number of rotatable bonds is 9. The maximum atomic E-state index is 12.0. The number of ether oxygens (including phenoxy) is 1. The van der Waals surface area contributed by atoms with Gasteiger partial charge in [0.25, 0.3) is 5.91 Å². The number of nitrogens with zero attached hydrogens (tertiary/aromatic N) is 1. The van der Waals surface area contributed by atoms with E-state index in [1.165, 1.54) is 0 Å². The quantitative estimate of drug-likeness (QED) is 0.225. The van der Waals surface area contributed by atoms with Crippen LogP contribution in [0.1, 0.15) is 17.3 Å². The molecule has 0 radical (unpaired) electrons. The normalized spacial score (nSPS) is 10.5. The van der Waals surface area contributed by atoms with E-state index in [-0.39, 0.29) is 29.9 Å². The summed E-state index contributed by atoms with van der Waals surface area (Å²) < 4.78 is 5.07. The van der Waals surface area contributed by atoms with Crippen LogP contribution < -0.4 is 20.7 Å². The van der Waals surface area contributed by atoms with Crippen molar-refractivity contribution in [2.24, 2.45) is 4.99 Å². The lowest BCUT2D eigenvalue weighted by Crippen LogP contribution is -2.41. The van der Waals surface area contributed by atoms with Crippen LogP contribution in [0.2, 0.25) is 0 Å². The number of benzene rings is 1. The number of nitrogens with one attached hydrogen (secondary N) is 3. The minimum Gasteiger partial charge on any atom is -0.497 e. The molecule has 1 rings (SSSR count). The molecule has 136 valence electrons. The number of thioether (sulfide) groups is 1. The van der Waals surface area contributed by atoms with Crippen molar-refractivity contribution in [3.63, 3.8) is 0 Å². The number of carbonyl (C=O) groups excluding carboxylic acids is 1. The van der Waals surface area contributed by atoms with Crippen LogP contribution in [0, 0.1) is 0 Å². The Morgan fingerprint density at radius 2 is 1.83 bits per heavy atom. The third kappa shape index (κ3) is 9.21. The van der Waals surface area contributed by atoms with Crippen molar-refractivity contribution in [3.05, 3.63) is 29.8 Å². The zero-order valence-corrected chi connectivity index (χ0v) is 17.6. The van der Waals surface area contributed by atoms with Crippen LogP contribution in [-0.4, -0.2) is 57.2 Å². The third-order valence-electron chi connectivity index (χ3n) is 2.96. The Bertz CT molecular complexity index is 497. The van der Waals surface area contributed by atoms with E-state index in [1.807, 2.05) is 6.92 Å². The summed E-state index contributed by atoms with van der Waals surface area (Å²) in [4.78, 5) is 16.4. The molecule has 1 amide bonds. The molecule has 24 heavy (non-hydrogen) atoms. The second kappa shape index (κ2) is 14.2. The zero-order chi connectivity index (χ0) is 16.9. The van der Waals surface area contributed by atoms with Crippen molar-refractivity contribution in [2.45, 2.75) is 6.92 Å². The predicted octanol–water partition coefficient (Wildman–Crippen LogP) is 1.96. The van der Waals surface area contributed by atoms with E-state index in [4.69, 9.17) is 4.74 Å². The van der Waals surface area contributed by atoms with Gasteiger partial charge in [-0.1, -0.05) is 0 Å². The number of amides is 1. The molecular weight excluding hydrogens is 439 g/mol. The second-order valence-electron chi connectivity index (χ2n) is 4.66. The van der Waals surface area contributed by atoms with Crippen molar-refractivity contribution in [3.8, 4) is 5.75 Å². The lowest BCUT2D eigenvalue weighted by Gasteiger charge is -2.12. The van der Waals surface area contributed by atoms with Crippen molar-refractivity contribution in [2.75, 3.05) is 45.3 Å². The summed E-state index contributed by atoms with van der Waals surface area (Å²) in [5.74, 6) is 2.41. The summed E-state index contributed by atoms with van der Waals surface area (Å²) in [6, 6.07) is 7.04. The van der Waals surface area contributed by atoms with Crippen molar-refractivity contribution >= 4 is 47.6 Å². The minimum absolute atomic E-state index is 0. The SMILES string of the molecule is CCNC(=NCCSC)NCCNC(=O)c1ccc(OC)cc1.I. The van der Waals surface area contributed by atoms with E-state index in [0.717, 1.165) is 30.6 Å². The average Bonchev–Trinajstić information content (AvgIpc) is 2.58. The molecule has 0 bridgehead atoms. The third-order valence-corrected chi connectivity index (χ3v) is 3.56. The van der Waals surface area contributed by atoms with Gasteiger partial charge in [-0.05, 0) is 37.4 Å². The minimum atomic E-state index is -0.0984. The molecule has 1 aromatic rings. The average molecular weight is 466 g/mol. The highest BCUT2D eigenvalue weighted by atomic mass is 127. The molecule has 0 unspecified atom stereocenters. The van der Waals surface area contributed by atoms with E-state index < -0.39 is 0 Å². The first-order valence-electron chi connectivity index (χ1n) is 7.64. The summed E-state index contributed by atoms with van der Waals surface area (Å²) in [5, 5.41) is 9.25. The maximum Gasteiger partial charge on any atom is 0.251 e. The van der Waals surface area contributed by atoms with Crippen molar-refractivity contribution in [1.82, 2.24) is 16.0 Å². The Hall–Kier alpha value is -1.16. The molecule has 8 heteroatoms. The number of halogens is 1. The first-order valence-corrected chi connectivity index (χ1v) is 9.04. The highest BCUT2D eigenvalue weighted by Crippen LogP contribution is 2.10. The van der Waals surface area contributed by atoms with Gasteiger partial charge in [-0.2, -0.15) is 11.8 Å². The van der Waals surface area contributed by atoms with Gasteiger partial charge in [0.05, 0.1) is 13.7 Å². The Balaban J connectivity index is 0.00000529. The standard InChI is InChI=1S/C16H26N4O2S.HI/c1-4-17-16(20-11-12-23-3)19-10-9-18-15(21)13-5-7-14(22-2)8-6-13;/h5-8H,4,9-12H2,1-3H3,(H,18,21)(H2,17,19,20);1H. The van der Waals surface area contributed by atoms with Gasteiger partial charge < -0.3 is 20.7 Å². The van der Waals surface area contributed by atoms with Gasteiger partial charge in [0, 0.05) is 31.0 Å². The molecule has 0 atom stereocenters. The van der Waals surface area contributed by atoms with Crippen LogP contribution in [0.3, 0.4) is 0 Å². The molecule has 0 saturated carbocycles. The fourth-order valence-corrected chi connectivity index (χ4v) is 2.07. The first kappa shape index (κ1) is 22.8. The highest BCUT2D eigenvalue weighted by molar-refractivity contribution is 14.0. The van der Waals surface area contributed by atoms with Crippen LogP contribution in [0.5, 0.6) is 5.75 Å². The fraction of sp³-hybridized carbons (Fsp3) is 0.500. The second-order valence-corrected chi connectivity index (χ2v) is 5.65. The molecule has 0 saturated heterocycles. The topological polar surface area (TPSA) is 74.8 Å². The number of methoxy groups -OCH3 is 1. The van der Waals surface area contributed by atoms with Crippen LogP contribution in [0.4, 0.5) is 0 Å². The summed E-state index contributed by atoms with van der Waals surface area (Å²) in [6.45, 7) is 4.75. The van der Waals surface area contributed by atoms with Crippen molar-refractivity contribution < 1.29 is 9.53 Å². The van der Waals surface area contributed by atoms with E-state index in [2.05, 4.69) is 27.2 Å². The monoisotopic (exact) mass is 466 g/mol. The summed E-state index contributed by atoms with van der Waals surface area (Å²) in [5.41, 5.74) is 0.617. The van der Waals surface area contributed by atoms with E-state index in [0.29, 0.717) is 18.7 Å². The largest absolute Gasteiger partial charge is 0.497 e. The zero-order valence-electron chi connectivity index (χ0n) is 14.4. The molecule has 0 aliphatic rings. The first-order chi connectivity index (χ1) is 11.2. The molecule has 0 spiro atoms. The van der Waals surface area contributed by atoms with Gasteiger partial charge in [0.15, 0.2) is 5.96 Å². The molecule has 0 aliphatic carbocycles. The van der Waals surface area contributed by atoms with E-state index in [9.17, 15) is 4.79 Å². The smallest absolute Gasteiger partial charge is 0.251 e. The number of aliphatic imine (C=N–C) groups is 1. The lowest BCUT2D eigenvalue weighted by atomic mass is 10.2. The Labute approximate surface area is 165 Å². The van der Waals surface area contributed by atoms with Gasteiger partial charge >= 0.3 is 0 Å². The molecule has 0 aliphatic heterocycles. The van der Waals surface area contributed by atoms with E-state index in [1.54, 1.807) is 43.1 Å². The van der Waals surface area contributed by atoms with Gasteiger partial charge in [0.1, 0.15) is 5.75 Å². The van der Waals surface area contributed by atoms with E-state index >= 15 is 0 Å². The molecule has 0 heterocycles. The number of hydrogen-bond donors (Lipinski definition) is 3. The summed E-state index contributed by atoms with van der Waals surface area (Å²) in [7, 11) is 1.60. The maximum absolute atomic E-state index is 12.0. The van der Waals surface area contributed by atoms with Crippen LogP contribution >= 0.6 is 35.7 Å².